The number of carbonyl (C=O) groups excluding carboxylic acids is 1. The van der Waals surface area contributed by atoms with Crippen molar-refractivity contribution in [1.82, 2.24) is 0 Å². The van der Waals surface area contributed by atoms with Crippen LogP contribution in [0.5, 0.6) is 0 Å². The molecule has 1 fully saturated rings. The Hall–Kier alpha value is -4.15. The smallest absolute Gasteiger partial charge is 0.185 e. The SMILES string of the molecule is Cc1ccc(C)c([C@@H]2[C@@H](C(=O)c3ccccc3)N3c4ccccc4C=C[C@@H]3C2(C#N)C#N)c1. The lowest BCUT2D eigenvalue weighted by atomic mass is 9.68. The molecule has 160 valence electrons. The number of ketones is 1. The van der Waals surface area contributed by atoms with Crippen molar-refractivity contribution in [2.24, 2.45) is 5.41 Å². The molecule has 3 atom stereocenters. The van der Waals surface area contributed by atoms with E-state index in [0.717, 1.165) is 27.9 Å². The Morgan fingerprint density at radius 1 is 0.939 bits per heavy atom. The Morgan fingerprint density at radius 3 is 2.36 bits per heavy atom. The molecule has 0 aliphatic carbocycles. The largest absolute Gasteiger partial charge is 0.351 e. The number of Topliss-reactive ketones (excluding diaryl/α,β-unsaturated/α-hetero) is 1. The first-order valence-electron chi connectivity index (χ1n) is 11.1. The summed E-state index contributed by atoms with van der Waals surface area (Å²) in [7, 11) is 0. The van der Waals surface area contributed by atoms with Crippen molar-refractivity contribution in [3.8, 4) is 12.1 Å². The van der Waals surface area contributed by atoms with Gasteiger partial charge >= 0.3 is 0 Å². The lowest BCUT2D eigenvalue weighted by Gasteiger charge is -2.35. The number of rotatable bonds is 3. The summed E-state index contributed by atoms with van der Waals surface area (Å²) >= 11 is 0. The molecule has 0 aromatic heterocycles. The zero-order valence-electron chi connectivity index (χ0n) is 18.6. The van der Waals surface area contributed by atoms with E-state index in [2.05, 4.69) is 12.1 Å². The lowest BCUT2D eigenvalue weighted by Crippen LogP contribution is -2.44. The third kappa shape index (κ3) is 2.99. The standard InChI is InChI=1S/C29H23N3O/c1-19-12-13-20(2)23(16-19)26-27(28(33)22-9-4-3-5-10-22)32-24-11-7-6-8-21(24)14-15-25(32)29(26,17-30)18-31/h3-16,25-27H,1-2H3/t25-,26-,27+/m1/s1. The predicted octanol–water partition coefficient (Wildman–Crippen LogP) is 5.59. The van der Waals surface area contributed by atoms with Crippen molar-refractivity contribution in [1.29, 1.82) is 10.5 Å². The second-order valence-electron chi connectivity index (χ2n) is 8.88. The Bertz CT molecular complexity index is 1350. The quantitative estimate of drug-likeness (QED) is 0.509. The first-order chi connectivity index (χ1) is 16.0. The number of para-hydroxylation sites is 1. The third-order valence-electron chi connectivity index (χ3n) is 7.01. The molecule has 3 aromatic carbocycles. The van der Waals surface area contributed by atoms with Crippen molar-refractivity contribution < 1.29 is 4.79 Å². The van der Waals surface area contributed by atoms with Gasteiger partial charge in [-0.15, -0.1) is 0 Å². The van der Waals surface area contributed by atoms with Gasteiger partial charge in [0.15, 0.2) is 11.2 Å². The number of aryl methyl sites for hydroxylation is 2. The zero-order valence-corrected chi connectivity index (χ0v) is 18.6. The van der Waals surface area contributed by atoms with Crippen LogP contribution in [0, 0.1) is 41.9 Å². The summed E-state index contributed by atoms with van der Waals surface area (Å²) in [6.45, 7) is 3.98. The first-order valence-corrected chi connectivity index (χ1v) is 11.1. The Morgan fingerprint density at radius 2 is 1.64 bits per heavy atom. The van der Waals surface area contributed by atoms with E-state index >= 15 is 0 Å². The van der Waals surface area contributed by atoms with E-state index in [1.165, 1.54) is 0 Å². The van der Waals surface area contributed by atoms with Gasteiger partial charge in [-0.1, -0.05) is 84.4 Å². The van der Waals surface area contributed by atoms with Gasteiger partial charge in [-0.25, -0.2) is 0 Å². The molecule has 1 saturated heterocycles. The highest BCUT2D eigenvalue weighted by Gasteiger charge is 2.63. The monoisotopic (exact) mass is 429 g/mol. The molecular weight excluding hydrogens is 406 g/mol. The summed E-state index contributed by atoms with van der Waals surface area (Å²) < 4.78 is 0. The number of nitriles is 2. The van der Waals surface area contributed by atoms with Gasteiger partial charge in [0.2, 0.25) is 0 Å². The molecule has 0 bridgehead atoms. The molecule has 0 radical (unpaired) electrons. The van der Waals surface area contributed by atoms with E-state index in [1.54, 1.807) is 0 Å². The summed E-state index contributed by atoms with van der Waals surface area (Å²) in [5.41, 5.74) is 3.91. The number of hydrogen-bond donors (Lipinski definition) is 0. The molecule has 0 unspecified atom stereocenters. The molecule has 2 aliphatic rings. The minimum atomic E-state index is -1.42. The van der Waals surface area contributed by atoms with Crippen LogP contribution in [0.25, 0.3) is 6.08 Å². The minimum absolute atomic E-state index is 0.0796. The topological polar surface area (TPSA) is 67.9 Å². The third-order valence-corrected chi connectivity index (χ3v) is 7.01. The summed E-state index contributed by atoms with van der Waals surface area (Å²) in [6, 6.07) is 26.6. The molecule has 5 rings (SSSR count). The van der Waals surface area contributed by atoms with Crippen LogP contribution in [-0.2, 0) is 0 Å². The van der Waals surface area contributed by atoms with E-state index in [9.17, 15) is 15.3 Å². The van der Waals surface area contributed by atoms with Crippen molar-refractivity contribution >= 4 is 17.5 Å². The normalized spacial score (nSPS) is 22.1. The Kier molecular flexibility index (Phi) is 4.88. The molecule has 33 heavy (non-hydrogen) atoms. The summed E-state index contributed by atoms with van der Waals surface area (Å²) in [5, 5.41) is 21.0. The maximum absolute atomic E-state index is 14.1. The second-order valence-corrected chi connectivity index (χ2v) is 8.88. The van der Waals surface area contributed by atoms with Gasteiger partial charge in [0.1, 0.15) is 6.04 Å². The maximum Gasteiger partial charge on any atom is 0.185 e. The van der Waals surface area contributed by atoms with Gasteiger partial charge in [0, 0.05) is 17.2 Å². The molecule has 4 nitrogen and oxygen atoms in total. The van der Waals surface area contributed by atoms with Gasteiger partial charge in [-0.2, -0.15) is 10.5 Å². The minimum Gasteiger partial charge on any atom is -0.351 e. The highest BCUT2D eigenvalue weighted by molar-refractivity contribution is 6.04. The lowest BCUT2D eigenvalue weighted by molar-refractivity contribution is 0.0951. The van der Waals surface area contributed by atoms with Gasteiger partial charge in [-0.3, -0.25) is 4.79 Å². The fourth-order valence-electron chi connectivity index (χ4n) is 5.45. The van der Waals surface area contributed by atoms with Crippen LogP contribution in [0.1, 0.15) is 38.5 Å². The number of fused-ring (bicyclic) bond motifs is 3. The van der Waals surface area contributed by atoms with Crippen molar-refractivity contribution in [2.45, 2.75) is 31.8 Å². The second kappa shape index (κ2) is 7.76. The van der Waals surface area contributed by atoms with E-state index < -0.39 is 23.4 Å². The number of benzene rings is 3. The van der Waals surface area contributed by atoms with E-state index in [0.29, 0.717) is 5.56 Å². The first kappa shape index (κ1) is 20.7. The van der Waals surface area contributed by atoms with Crippen molar-refractivity contribution in [3.05, 3.63) is 107 Å². The fraction of sp³-hybridized carbons (Fsp3) is 0.207. The van der Waals surface area contributed by atoms with Gasteiger partial charge in [-0.05, 0) is 36.6 Å². The van der Waals surface area contributed by atoms with Crippen LogP contribution in [-0.4, -0.2) is 17.9 Å². The average molecular weight is 430 g/mol. The van der Waals surface area contributed by atoms with E-state index in [-0.39, 0.29) is 5.78 Å². The number of hydrogen-bond acceptors (Lipinski definition) is 4. The fourth-order valence-corrected chi connectivity index (χ4v) is 5.45. The molecule has 2 heterocycles. The van der Waals surface area contributed by atoms with Crippen LogP contribution in [0.15, 0.2) is 78.9 Å². The summed E-state index contributed by atoms with van der Waals surface area (Å²) in [5.74, 6) is -0.690. The van der Waals surface area contributed by atoms with E-state index in [1.807, 2.05) is 104 Å². The van der Waals surface area contributed by atoms with E-state index in [4.69, 9.17) is 0 Å². The molecule has 2 aliphatic heterocycles. The van der Waals surface area contributed by atoms with Gasteiger partial charge in [0.05, 0.1) is 18.2 Å². The number of carbonyl (C=O) groups is 1. The number of nitrogens with zero attached hydrogens (tertiary/aromatic N) is 3. The molecule has 0 N–H and O–H groups in total. The Labute approximate surface area is 194 Å². The van der Waals surface area contributed by atoms with Crippen LogP contribution in [0.4, 0.5) is 5.69 Å². The molecule has 3 aromatic rings. The summed E-state index contributed by atoms with van der Waals surface area (Å²) in [4.78, 5) is 16.1. The highest BCUT2D eigenvalue weighted by Crippen LogP contribution is 2.56. The molecule has 0 amide bonds. The molecule has 4 heteroatoms. The van der Waals surface area contributed by atoms with Crippen molar-refractivity contribution in [2.75, 3.05) is 4.90 Å². The molecular formula is C29H23N3O. The van der Waals surface area contributed by atoms with Crippen LogP contribution in [0.3, 0.4) is 0 Å². The van der Waals surface area contributed by atoms with Crippen LogP contribution >= 0.6 is 0 Å². The molecule has 0 saturated carbocycles. The van der Waals surface area contributed by atoms with Gasteiger partial charge < -0.3 is 4.90 Å². The number of anilines is 1. The Balaban J connectivity index is 1.83. The van der Waals surface area contributed by atoms with Gasteiger partial charge in [0.25, 0.3) is 0 Å². The van der Waals surface area contributed by atoms with Crippen LogP contribution < -0.4 is 4.90 Å². The summed E-state index contributed by atoms with van der Waals surface area (Å²) in [6.07, 6.45) is 3.89. The zero-order chi connectivity index (χ0) is 23.2. The highest BCUT2D eigenvalue weighted by atomic mass is 16.1. The molecule has 0 spiro atoms. The average Bonchev–Trinajstić information content (AvgIpc) is 3.16. The maximum atomic E-state index is 14.1. The predicted molar refractivity (Wildman–Crippen MR) is 129 cm³/mol. The van der Waals surface area contributed by atoms with Crippen LogP contribution in [0.2, 0.25) is 0 Å². The van der Waals surface area contributed by atoms with Crippen molar-refractivity contribution in [3.63, 3.8) is 0 Å².